The number of carbonyl (C=O) groups excluding carboxylic acids is 1. The van der Waals surface area contributed by atoms with Gasteiger partial charge in [0, 0.05) is 23.0 Å². The van der Waals surface area contributed by atoms with Gasteiger partial charge in [-0.1, -0.05) is 11.6 Å². The molecular formula is C16H16ClN3O2. The highest BCUT2D eigenvalue weighted by Crippen LogP contribution is 2.20. The molecule has 0 bridgehead atoms. The van der Waals surface area contributed by atoms with E-state index in [-0.39, 0.29) is 12.5 Å². The van der Waals surface area contributed by atoms with Crippen LogP contribution in [0.3, 0.4) is 0 Å². The molecule has 0 aliphatic carbocycles. The summed E-state index contributed by atoms with van der Waals surface area (Å²) in [5, 5.41) is 4.69. The number of nitrogens with zero attached hydrogens (tertiary/aromatic N) is 2. The van der Waals surface area contributed by atoms with Crippen LogP contribution >= 0.6 is 11.6 Å². The van der Waals surface area contributed by atoms with E-state index in [4.69, 9.17) is 16.3 Å². The molecule has 1 amide bonds. The van der Waals surface area contributed by atoms with Gasteiger partial charge in [0.2, 0.25) is 0 Å². The lowest BCUT2D eigenvalue weighted by Crippen LogP contribution is -2.25. The Hall–Kier alpha value is -2.40. The number of hydrogen-bond acceptors (Lipinski definition) is 4. The van der Waals surface area contributed by atoms with Crippen molar-refractivity contribution in [1.82, 2.24) is 10.4 Å². The second kappa shape index (κ2) is 7.56. The van der Waals surface area contributed by atoms with Crippen LogP contribution in [0.5, 0.6) is 5.75 Å². The molecular weight excluding hydrogens is 302 g/mol. The first-order chi connectivity index (χ1) is 10.6. The number of amides is 1. The molecule has 1 aromatic heterocycles. The Labute approximate surface area is 134 Å². The predicted octanol–water partition coefficient (Wildman–Crippen LogP) is 2.96. The van der Waals surface area contributed by atoms with Crippen molar-refractivity contribution in [2.45, 2.75) is 13.8 Å². The van der Waals surface area contributed by atoms with E-state index in [0.717, 1.165) is 11.1 Å². The summed E-state index contributed by atoms with van der Waals surface area (Å²) in [5.41, 5.74) is 4.94. The summed E-state index contributed by atoms with van der Waals surface area (Å²) < 4.78 is 5.39. The van der Waals surface area contributed by atoms with Crippen molar-refractivity contribution in [2.24, 2.45) is 5.10 Å². The minimum absolute atomic E-state index is 0.117. The molecule has 0 saturated carbocycles. The van der Waals surface area contributed by atoms with Gasteiger partial charge in [-0.3, -0.25) is 9.78 Å². The number of aryl methyl sites for hydroxylation is 1. The molecule has 1 N–H and O–H groups in total. The number of nitrogens with one attached hydrogen (secondary N) is 1. The van der Waals surface area contributed by atoms with Crippen LogP contribution < -0.4 is 10.2 Å². The Bertz CT molecular complexity index is 687. The lowest BCUT2D eigenvalue weighted by molar-refractivity contribution is -0.123. The maximum absolute atomic E-state index is 11.7. The average molecular weight is 318 g/mol. The number of hydrogen-bond donors (Lipinski definition) is 1. The number of pyridine rings is 1. The third-order valence-electron chi connectivity index (χ3n) is 2.95. The minimum atomic E-state index is -0.332. The first kappa shape index (κ1) is 16.0. The molecule has 0 saturated heterocycles. The van der Waals surface area contributed by atoms with Crippen LogP contribution in [0.1, 0.15) is 18.1 Å². The molecule has 6 heteroatoms. The maximum Gasteiger partial charge on any atom is 0.277 e. The van der Waals surface area contributed by atoms with Gasteiger partial charge in [0.25, 0.3) is 5.91 Å². The first-order valence-electron chi connectivity index (χ1n) is 6.69. The van der Waals surface area contributed by atoms with Crippen molar-refractivity contribution >= 4 is 23.2 Å². The van der Waals surface area contributed by atoms with Crippen molar-refractivity contribution in [3.8, 4) is 5.75 Å². The lowest BCUT2D eigenvalue weighted by Gasteiger charge is -2.07. The third-order valence-corrected chi connectivity index (χ3v) is 3.37. The summed E-state index contributed by atoms with van der Waals surface area (Å²) in [4.78, 5) is 15.6. The summed E-state index contributed by atoms with van der Waals surface area (Å²) in [5.74, 6) is 0.257. The average Bonchev–Trinajstić information content (AvgIpc) is 2.54. The van der Waals surface area contributed by atoms with E-state index in [2.05, 4.69) is 15.5 Å². The van der Waals surface area contributed by atoms with Crippen LogP contribution in [0.2, 0.25) is 5.02 Å². The zero-order valence-corrected chi connectivity index (χ0v) is 13.1. The predicted molar refractivity (Wildman–Crippen MR) is 86.3 cm³/mol. The second-order valence-corrected chi connectivity index (χ2v) is 5.07. The minimum Gasteiger partial charge on any atom is -0.484 e. The normalized spacial score (nSPS) is 11.1. The number of carbonyl (C=O) groups is 1. The van der Waals surface area contributed by atoms with E-state index in [0.29, 0.717) is 16.5 Å². The molecule has 0 atom stereocenters. The van der Waals surface area contributed by atoms with Crippen molar-refractivity contribution in [3.05, 3.63) is 58.9 Å². The molecule has 0 unspecified atom stereocenters. The maximum atomic E-state index is 11.7. The zero-order chi connectivity index (χ0) is 15.9. The molecule has 2 rings (SSSR count). The molecule has 114 valence electrons. The van der Waals surface area contributed by atoms with E-state index in [9.17, 15) is 4.79 Å². The Balaban J connectivity index is 1.86. The van der Waals surface area contributed by atoms with Gasteiger partial charge < -0.3 is 4.74 Å². The standard InChI is InChI=1S/C16H16ClN3O2/c1-11-9-14(3-4-15(11)17)22-10-16(21)20-19-12(2)13-5-7-18-8-6-13/h3-9H,10H2,1-2H3,(H,20,21)/b19-12-. The Kier molecular flexibility index (Phi) is 5.49. The van der Waals surface area contributed by atoms with Gasteiger partial charge in [-0.15, -0.1) is 0 Å². The second-order valence-electron chi connectivity index (χ2n) is 4.67. The smallest absolute Gasteiger partial charge is 0.277 e. The molecule has 0 fully saturated rings. The van der Waals surface area contributed by atoms with E-state index in [1.807, 2.05) is 19.1 Å². The van der Waals surface area contributed by atoms with E-state index < -0.39 is 0 Å². The quantitative estimate of drug-likeness (QED) is 0.681. The van der Waals surface area contributed by atoms with Gasteiger partial charge in [0.15, 0.2) is 6.61 Å². The lowest BCUT2D eigenvalue weighted by atomic mass is 10.2. The fourth-order valence-electron chi connectivity index (χ4n) is 1.69. The molecule has 0 aliphatic rings. The Morgan fingerprint density at radius 3 is 2.73 bits per heavy atom. The summed E-state index contributed by atoms with van der Waals surface area (Å²) >= 11 is 5.93. The van der Waals surface area contributed by atoms with Crippen molar-refractivity contribution in [1.29, 1.82) is 0 Å². The summed E-state index contributed by atoms with van der Waals surface area (Å²) in [7, 11) is 0. The number of rotatable bonds is 5. The van der Waals surface area contributed by atoms with Crippen LogP contribution in [0.25, 0.3) is 0 Å². The highest BCUT2D eigenvalue weighted by atomic mass is 35.5. The molecule has 0 radical (unpaired) electrons. The fraction of sp³-hybridized carbons (Fsp3) is 0.188. The fourth-order valence-corrected chi connectivity index (χ4v) is 1.81. The van der Waals surface area contributed by atoms with Crippen molar-refractivity contribution < 1.29 is 9.53 Å². The molecule has 0 spiro atoms. The molecule has 0 aliphatic heterocycles. The van der Waals surface area contributed by atoms with Crippen molar-refractivity contribution in [3.63, 3.8) is 0 Å². The van der Waals surface area contributed by atoms with Crippen LogP contribution in [0.15, 0.2) is 47.8 Å². The number of hydrazone groups is 1. The largest absolute Gasteiger partial charge is 0.484 e. The van der Waals surface area contributed by atoms with Gasteiger partial charge in [-0.2, -0.15) is 5.10 Å². The van der Waals surface area contributed by atoms with Crippen LogP contribution in [0.4, 0.5) is 0 Å². The number of halogens is 1. The number of ether oxygens (including phenoxy) is 1. The monoisotopic (exact) mass is 317 g/mol. The molecule has 2 aromatic rings. The van der Waals surface area contributed by atoms with Gasteiger partial charge in [-0.05, 0) is 49.7 Å². The summed E-state index contributed by atoms with van der Waals surface area (Å²) in [6.07, 6.45) is 3.34. The topological polar surface area (TPSA) is 63.6 Å². The van der Waals surface area contributed by atoms with Gasteiger partial charge in [0.05, 0.1) is 5.71 Å². The SMILES string of the molecule is C/C(=N/NC(=O)COc1ccc(Cl)c(C)c1)c1ccncc1. The molecule has 22 heavy (non-hydrogen) atoms. The van der Waals surface area contributed by atoms with Gasteiger partial charge in [0.1, 0.15) is 5.75 Å². The van der Waals surface area contributed by atoms with Crippen LogP contribution in [-0.2, 0) is 4.79 Å². The van der Waals surface area contributed by atoms with E-state index in [1.54, 1.807) is 37.5 Å². The Morgan fingerprint density at radius 2 is 2.05 bits per heavy atom. The van der Waals surface area contributed by atoms with Gasteiger partial charge in [-0.25, -0.2) is 5.43 Å². The first-order valence-corrected chi connectivity index (χ1v) is 7.06. The van der Waals surface area contributed by atoms with E-state index in [1.165, 1.54) is 0 Å². The Morgan fingerprint density at radius 1 is 1.32 bits per heavy atom. The van der Waals surface area contributed by atoms with Crippen LogP contribution in [-0.4, -0.2) is 23.2 Å². The van der Waals surface area contributed by atoms with Crippen LogP contribution in [0, 0.1) is 6.92 Å². The number of benzene rings is 1. The zero-order valence-electron chi connectivity index (χ0n) is 12.3. The number of aromatic nitrogens is 1. The molecule has 5 nitrogen and oxygen atoms in total. The summed E-state index contributed by atoms with van der Waals surface area (Å²) in [6.45, 7) is 3.56. The van der Waals surface area contributed by atoms with Crippen molar-refractivity contribution in [2.75, 3.05) is 6.61 Å². The van der Waals surface area contributed by atoms with Gasteiger partial charge >= 0.3 is 0 Å². The van der Waals surface area contributed by atoms with E-state index >= 15 is 0 Å². The highest BCUT2D eigenvalue weighted by molar-refractivity contribution is 6.31. The molecule has 1 aromatic carbocycles. The summed E-state index contributed by atoms with van der Waals surface area (Å²) in [6, 6.07) is 8.86. The molecule has 1 heterocycles. The highest BCUT2D eigenvalue weighted by Gasteiger charge is 2.04. The third kappa shape index (κ3) is 4.56.